The van der Waals surface area contributed by atoms with Gasteiger partial charge in [0, 0.05) is 34.8 Å². The third-order valence-corrected chi connectivity index (χ3v) is 7.64. The lowest BCUT2D eigenvalue weighted by atomic mass is 9.40. The Morgan fingerprint density at radius 2 is 1.26 bits per heavy atom. The summed E-state index contributed by atoms with van der Waals surface area (Å²) in [6, 6.07) is 41.9. The van der Waals surface area contributed by atoms with Gasteiger partial charge in [-0.1, -0.05) is 71.6 Å². The Kier molecular flexibility index (Phi) is 4.89. The lowest BCUT2D eigenvalue weighted by Gasteiger charge is -2.12. The normalized spacial score (nSPS) is 12.1. The lowest BCUT2D eigenvalue weighted by Crippen LogP contribution is -2.50. The van der Waals surface area contributed by atoms with Gasteiger partial charge in [0.05, 0.1) is 11.0 Å². The number of aromatic nitrogens is 3. The van der Waals surface area contributed by atoms with Crippen LogP contribution in [0.15, 0.2) is 134 Å². The van der Waals surface area contributed by atoms with Crippen molar-refractivity contribution >= 4 is 45.0 Å². The first-order valence-corrected chi connectivity index (χ1v) is 13.1. The highest BCUT2D eigenvalue weighted by Gasteiger charge is 2.34. The summed E-state index contributed by atoms with van der Waals surface area (Å²) in [5.74, 6) is 2.48. The Hall–Kier alpha value is -5.16. The van der Waals surface area contributed by atoms with Crippen molar-refractivity contribution in [3.8, 4) is 28.4 Å². The predicted octanol–water partition coefficient (Wildman–Crippen LogP) is 5.86. The van der Waals surface area contributed by atoms with Crippen molar-refractivity contribution in [3.05, 3.63) is 134 Å². The molecule has 0 radical (unpaired) electrons. The molecule has 4 heterocycles. The van der Waals surface area contributed by atoms with Crippen molar-refractivity contribution in [1.82, 2.24) is 14.5 Å². The second-order valence-corrected chi connectivity index (χ2v) is 9.85. The second-order valence-electron chi connectivity index (χ2n) is 9.85. The van der Waals surface area contributed by atoms with Crippen LogP contribution in [0.2, 0.25) is 0 Å². The first kappa shape index (κ1) is 21.9. The van der Waals surface area contributed by atoms with Crippen LogP contribution in [-0.2, 0) is 0 Å². The fourth-order valence-corrected chi connectivity index (χ4v) is 6.00. The van der Waals surface area contributed by atoms with Crippen LogP contribution in [-0.4, -0.2) is 21.2 Å². The molecule has 0 amide bonds. The molecule has 0 saturated heterocycles. The largest absolute Gasteiger partial charge is 0.457 e. The zero-order chi connectivity index (χ0) is 25.8. The topological polar surface area (TPSA) is 39.9 Å². The molecule has 7 aromatic rings. The first-order valence-electron chi connectivity index (χ1n) is 13.1. The van der Waals surface area contributed by atoms with Crippen molar-refractivity contribution in [3.63, 3.8) is 0 Å². The third-order valence-electron chi connectivity index (χ3n) is 7.64. The fraction of sp³-hybridized carbons (Fsp3) is 0. The van der Waals surface area contributed by atoms with Crippen LogP contribution in [0.1, 0.15) is 0 Å². The van der Waals surface area contributed by atoms with E-state index in [1.165, 1.54) is 32.8 Å². The first-order chi connectivity index (χ1) is 19.3. The molecule has 0 aliphatic carbocycles. The molecule has 3 aromatic heterocycles. The highest BCUT2D eigenvalue weighted by Crippen LogP contribution is 2.35. The number of rotatable bonds is 4. The Morgan fingerprint density at radius 3 is 2.13 bits per heavy atom. The third kappa shape index (κ3) is 3.47. The number of nitrogens with zero attached hydrogens (tertiary/aromatic N) is 3. The van der Waals surface area contributed by atoms with Crippen LogP contribution >= 0.6 is 0 Å². The molecule has 0 unspecified atom stereocenters. The molecule has 39 heavy (non-hydrogen) atoms. The summed E-state index contributed by atoms with van der Waals surface area (Å²) in [6.07, 6.45) is 3.70. The molecule has 4 nitrogen and oxygen atoms in total. The molecule has 1 aliphatic rings. The maximum Gasteiger partial charge on any atom is 0.266 e. The molecule has 182 valence electrons. The van der Waals surface area contributed by atoms with Gasteiger partial charge in [0.15, 0.2) is 0 Å². The highest BCUT2D eigenvalue weighted by atomic mass is 16.5. The Morgan fingerprint density at radius 1 is 0.538 bits per heavy atom. The maximum absolute atomic E-state index is 6.53. The van der Waals surface area contributed by atoms with Crippen molar-refractivity contribution in [2.24, 2.45) is 0 Å². The average Bonchev–Trinajstić information content (AvgIpc) is 3.50. The summed E-state index contributed by atoms with van der Waals surface area (Å²) in [5, 5.41) is 2.36. The van der Waals surface area contributed by atoms with Gasteiger partial charge in [-0.2, -0.15) is 0 Å². The van der Waals surface area contributed by atoms with Crippen molar-refractivity contribution in [2.75, 3.05) is 0 Å². The molecule has 5 heteroatoms. The van der Waals surface area contributed by atoms with E-state index in [1.807, 2.05) is 36.7 Å². The number of hydrogen-bond acceptors (Lipinski definition) is 3. The summed E-state index contributed by atoms with van der Waals surface area (Å²) < 4.78 is 8.73. The van der Waals surface area contributed by atoms with Crippen LogP contribution in [0.25, 0.3) is 38.8 Å². The molecule has 8 rings (SSSR count). The predicted molar refractivity (Wildman–Crippen MR) is 159 cm³/mol. The average molecular weight is 499 g/mol. The Balaban J connectivity index is 1.24. The molecule has 0 N–H and O–H groups in total. The minimum atomic E-state index is 0.0788. The van der Waals surface area contributed by atoms with Gasteiger partial charge in [0.2, 0.25) is 0 Å². The lowest BCUT2D eigenvalue weighted by molar-refractivity contribution is 0.484. The molecular weight excluding hydrogens is 477 g/mol. The number of fused-ring (bicyclic) bond motifs is 6. The molecule has 0 atom stereocenters. The van der Waals surface area contributed by atoms with E-state index in [4.69, 9.17) is 9.72 Å². The van der Waals surface area contributed by atoms with Crippen LogP contribution in [0.4, 0.5) is 0 Å². The summed E-state index contributed by atoms with van der Waals surface area (Å²) >= 11 is 0. The van der Waals surface area contributed by atoms with Crippen molar-refractivity contribution in [1.29, 1.82) is 0 Å². The molecule has 4 aromatic carbocycles. The van der Waals surface area contributed by atoms with E-state index in [9.17, 15) is 0 Å². The van der Waals surface area contributed by atoms with Gasteiger partial charge in [-0.15, -0.1) is 0 Å². The minimum Gasteiger partial charge on any atom is -0.457 e. The van der Waals surface area contributed by atoms with Gasteiger partial charge >= 0.3 is 0 Å². The van der Waals surface area contributed by atoms with E-state index >= 15 is 0 Å². The molecule has 0 bridgehead atoms. The van der Waals surface area contributed by atoms with E-state index < -0.39 is 0 Å². The van der Waals surface area contributed by atoms with Gasteiger partial charge in [0.25, 0.3) is 6.71 Å². The van der Waals surface area contributed by atoms with Gasteiger partial charge in [-0.3, -0.25) is 9.55 Å². The van der Waals surface area contributed by atoms with Crippen LogP contribution in [0, 0.1) is 0 Å². The zero-order valence-corrected chi connectivity index (χ0v) is 21.0. The van der Waals surface area contributed by atoms with Crippen LogP contribution in [0.5, 0.6) is 11.5 Å². The summed E-state index contributed by atoms with van der Waals surface area (Å²) in [4.78, 5) is 9.36. The summed E-state index contributed by atoms with van der Waals surface area (Å²) in [6.45, 7) is 0.0788. The molecular formula is C34H22BN3O. The second kappa shape index (κ2) is 8.71. The number of para-hydroxylation sites is 1. The van der Waals surface area contributed by atoms with Gasteiger partial charge < -0.3 is 4.74 Å². The SMILES string of the molecule is c1ccc(B2c3ccccc3-c3ccc(Oc4ccc5c6ccccc6n(-c6ccccn6)c5c4)cc32)nc1. The van der Waals surface area contributed by atoms with Crippen LogP contribution in [0.3, 0.4) is 0 Å². The van der Waals surface area contributed by atoms with E-state index in [2.05, 4.69) is 107 Å². The Labute approximate surface area is 226 Å². The monoisotopic (exact) mass is 499 g/mol. The van der Waals surface area contributed by atoms with Gasteiger partial charge in [-0.05, 0) is 65.7 Å². The van der Waals surface area contributed by atoms with E-state index in [-0.39, 0.29) is 6.71 Å². The Bertz CT molecular complexity index is 2000. The summed E-state index contributed by atoms with van der Waals surface area (Å²) in [5.41, 5.74) is 8.22. The number of pyridine rings is 2. The number of hydrogen-bond donors (Lipinski definition) is 0. The number of benzene rings is 4. The van der Waals surface area contributed by atoms with Gasteiger partial charge in [-0.25, -0.2) is 4.98 Å². The molecule has 1 aliphatic heterocycles. The van der Waals surface area contributed by atoms with Crippen LogP contribution < -0.4 is 21.3 Å². The van der Waals surface area contributed by atoms with E-state index in [0.29, 0.717) is 0 Å². The van der Waals surface area contributed by atoms with E-state index in [1.54, 1.807) is 0 Å². The smallest absolute Gasteiger partial charge is 0.266 e. The summed E-state index contributed by atoms with van der Waals surface area (Å²) in [7, 11) is 0. The maximum atomic E-state index is 6.53. The molecule has 0 spiro atoms. The molecule has 0 saturated carbocycles. The molecule has 0 fully saturated rings. The van der Waals surface area contributed by atoms with Crippen molar-refractivity contribution in [2.45, 2.75) is 0 Å². The highest BCUT2D eigenvalue weighted by molar-refractivity contribution is 6.98. The van der Waals surface area contributed by atoms with E-state index in [0.717, 1.165) is 33.9 Å². The zero-order valence-electron chi connectivity index (χ0n) is 21.0. The van der Waals surface area contributed by atoms with Gasteiger partial charge in [0.1, 0.15) is 17.3 Å². The minimum absolute atomic E-state index is 0.0788. The quantitative estimate of drug-likeness (QED) is 0.285. The number of ether oxygens (including phenoxy) is 1. The van der Waals surface area contributed by atoms with Crippen molar-refractivity contribution < 1.29 is 4.74 Å². The standard InChI is InChI=1S/C34H22BN3O/c1-3-11-29-25(9-1)26-17-15-23(21-30(26)35(29)33-13-5-7-19-36-33)39-24-16-18-28-27-10-2-4-12-31(27)38(32(28)22-24)34-14-6-8-20-37-34/h1-22H. The fourth-order valence-electron chi connectivity index (χ4n) is 6.00.